The largest absolute Gasteiger partial charge is 0.573 e. The molecule has 2 N–H and O–H groups in total. The zero-order chi connectivity index (χ0) is 18.6. The first-order valence-electron chi connectivity index (χ1n) is 6.53. The number of rotatable bonds is 4. The molecule has 2 aromatic carbocycles. The smallest absolute Gasteiger partial charge is 0.506 e. The third-order valence-electron chi connectivity index (χ3n) is 2.77. The molecule has 0 aliphatic rings. The van der Waals surface area contributed by atoms with Crippen molar-refractivity contribution in [2.24, 2.45) is 5.10 Å². The number of benzene rings is 2. The second-order valence-corrected chi connectivity index (χ2v) is 6.31. The topological polar surface area (TPSA) is 70.9 Å². The van der Waals surface area contributed by atoms with E-state index < -0.39 is 18.0 Å². The molecular weight excluding hydrogens is 473 g/mol. The van der Waals surface area contributed by atoms with Gasteiger partial charge in [-0.25, -0.2) is 5.43 Å². The summed E-state index contributed by atoms with van der Waals surface area (Å²) in [6.07, 6.45) is -3.45. The average molecular weight is 482 g/mol. The highest BCUT2D eigenvalue weighted by molar-refractivity contribution is 9.11. The van der Waals surface area contributed by atoms with E-state index in [9.17, 15) is 23.1 Å². The Morgan fingerprint density at radius 2 is 1.72 bits per heavy atom. The average Bonchev–Trinajstić information content (AvgIpc) is 2.51. The monoisotopic (exact) mass is 480 g/mol. The van der Waals surface area contributed by atoms with E-state index in [2.05, 4.69) is 47.1 Å². The van der Waals surface area contributed by atoms with Crippen LogP contribution in [0.1, 0.15) is 15.9 Å². The standard InChI is InChI=1S/C15H9Br2F3N2O3/c16-11-5-8(6-12(17)13(11)23)7-21-22-14(24)9-1-3-10(4-2-9)25-15(18,19)20/h1-7,23H,(H,22,24)/b21-7+. The van der Waals surface area contributed by atoms with Gasteiger partial charge >= 0.3 is 6.36 Å². The van der Waals surface area contributed by atoms with Crippen LogP contribution in [0.4, 0.5) is 13.2 Å². The Labute approximate surface area is 156 Å². The molecule has 2 rings (SSSR count). The first-order valence-corrected chi connectivity index (χ1v) is 8.11. The Morgan fingerprint density at radius 1 is 1.16 bits per heavy atom. The van der Waals surface area contributed by atoms with Gasteiger partial charge in [-0.3, -0.25) is 4.79 Å². The van der Waals surface area contributed by atoms with Gasteiger partial charge in [-0.1, -0.05) is 0 Å². The maximum atomic E-state index is 12.1. The lowest BCUT2D eigenvalue weighted by Gasteiger charge is -2.08. The van der Waals surface area contributed by atoms with Crippen LogP contribution in [0.5, 0.6) is 11.5 Å². The number of alkyl halides is 3. The molecule has 2 aromatic rings. The summed E-state index contributed by atoms with van der Waals surface area (Å²) in [5.74, 6) is -1.000. The van der Waals surface area contributed by atoms with Crippen LogP contribution in [0, 0.1) is 0 Å². The maximum absolute atomic E-state index is 12.1. The van der Waals surface area contributed by atoms with Crippen molar-refractivity contribution in [2.75, 3.05) is 0 Å². The highest BCUT2D eigenvalue weighted by atomic mass is 79.9. The van der Waals surface area contributed by atoms with Crippen molar-refractivity contribution in [3.05, 3.63) is 56.5 Å². The van der Waals surface area contributed by atoms with Crippen LogP contribution < -0.4 is 10.2 Å². The first-order chi connectivity index (χ1) is 11.7. The molecule has 0 atom stereocenters. The predicted molar refractivity (Wildman–Crippen MR) is 91.7 cm³/mol. The van der Waals surface area contributed by atoms with Crippen molar-refractivity contribution < 1.29 is 27.8 Å². The summed E-state index contributed by atoms with van der Waals surface area (Å²) in [5.41, 5.74) is 2.94. The van der Waals surface area contributed by atoms with E-state index in [1.807, 2.05) is 0 Å². The van der Waals surface area contributed by atoms with Crippen LogP contribution in [-0.4, -0.2) is 23.6 Å². The molecule has 0 aromatic heterocycles. The molecule has 0 bridgehead atoms. The zero-order valence-electron chi connectivity index (χ0n) is 12.1. The summed E-state index contributed by atoms with van der Waals surface area (Å²) in [6, 6.07) is 7.58. The number of hydrogen-bond acceptors (Lipinski definition) is 4. The van der Waals surface area contributed by atoms with Crippen LogP contribution in [0.15, 0.2) is 50.4 Å². The molecule has 0 fully saturated rings. The summed E-state index contributed by atoms with van der Waals surface area (Å²) in [5, 5.41) is 13.4. The number of nitrogens with zero attached hydrogens (tertiary/aromatic N) is 1. The highest BCUT2D eigenvalue weighted by Gasteiger charge is 2.31. The minimum Gasteiger partial charge on any atom is -0.506 e. The van der Waals surface area contributed by atoms with Crippen LogP contribution in [0.2, 0.25) is 0 Å². The van der Waals surface area contributed by atoms with E-state index in [-0.39, 0.29) is 11.3 Å². The van der Waals surface area contributed by atoms with Crippen molar-refractivity contribution >= 4 is 44.0 Å². The van der Waals surface area contributed by atoms with E-state index in [0.717, 1.165) is 12.1 Å². The third kappa shape index (κ3) is 5.75. The van der Waals surface area contributed by atoms with Gasteiger partial charge in [0.2, 0.25) is 0 Å². The van der Waals surface area contributed by atoms with Crippen molar-refractivity contribution in [1.82, 2.24) is 5.43 Å². The fourth-order valence-corrected chi connectivity index (χ4v) is 2.92. The van der Waals surface area contributed by atoms with Crippen LogP contribution in [0.25, 0.3) is 0 Å². The molecule has 10 heteroatoms. The molecule has 0 saturated heterocycles. The minimum atomic E-state index is -4.79. The lowest BCUT2D eigenvalue weighted by molar-refractivity contribution is -0.274. The van der Waals surface area contributed by atoms with Crippen molar-refractivity contribution in [3.8, 4) is 11.5 Å². The molecule has 0 aliphatic heterocycles. The Hall–Kier alpha value is -2.07. The summed E-state index contributed by atoms with van der Waals surface area (Å²) >= 11 is 6.32. The van der Waals surface area contributed by atoms with Crippen LogP contribution in [-0.2, 0) is 0 Å². The van der Waals surface area contributed by atoms with Crippen molar-refractivity contribution in [3.63, 3.8) is 0 Å². The molecule has 1 amide bonds. The SMILES string of the molecule is O=C(N/N=C/c1cc(Br)c(O)c(Br)c1)c1ccc(OC(F)(F)F)cc1. The summed E-state index contributed by atoms with van der Waals surface area (Å²) in [6.45, 7) is 0. The number of halogens is 5. The molecular formula is C15H9Br2F3N2O3. The van der Waals surface area contributed by atoms with Gasteiger partial charge in [-0.05, 0) is 73.8 Å². The van der Waals surface area contributed by atoms with Gasteiger partial charge in [-0.15, -0.1) is 13.2 Å². The highest BCUT2D eigenvalue weighted by Crippen LogP contribution is 2.32. The Morgan fingerprint density at radius 3 is 2.24 bits per heavy atom. The molecule has 25 heavy (non-hydrogen) atoms. The number of phenols is 1. The fourth-order valence-electron chi connectivity index (χ4n) is 1.70. The van der Waals surface area contributed by atoms with E-state index in [1.165, 1.54) is 18.3 Å². The fraction of sp³-hybridized carbons (Fsp3) is 0.0667. The van der Waals surface area contributed by atoms with Gasteiger partial charge in [0.1, 0.15) is 11.5 Å². The van der Waals surface area contributed by atoms with E-state index >= 15 is 0 Å². The Kier molecular flexibility index (Phi) is 6.07. The van der Waals surface area contributed by atoms with Gasteiger partial charge < -0.3 is 9.84 Å². The molecule has 0 heterocycles. The third-order valence-corrected chi connectivity index (χ3v) is 3.98. The summed E-state index contributed by atoms with van der Waals surface area (Å²) < 4.78 is 40.8. The first kappa shape index (κ1) is 19.3. The number of hydrogen-bond donors (Lipinski definition) is 2. The van der Waals surface area contributed by atoms with Gasteiger partial charge in [0, 0.05) is 5.56 Å². The second kappa shape index (κ2) is 7.87. The number of hydrazone groups is 1. The predicted octanol–water partition coefficient (Wildman–Crippen LogP) is 4.58. The van der Waals surface area contributed by atoms with Gasteiger partial charge in [0.25, 0.3) is 5.91 Å². The second-order valence-electron chi connectivity index (χ2n) is 4.60. The number of amides is 1. The van der Waals surface area contributed by atoms with Crippen molar-refractivity contribution in [1.29, 1.82) is 0 Å². The Bertz CT molecular complexity index is 786. The number of nitrogens with one attached hydrogen (secondary N) is 1. The Balaban J connectivity index is 2.00. The molecule has 5 nitrogen and oxygen atoms in total. The maximum Gasteiger partial charge on any atom is 0.573 e. The number of phenolic OH excluding ortho intramolecular Hbond substituents is 1. The normalized spacial score (nSPS) is 11.6. The molecule has 0 saturated carbocycles. The van der Waals surface area contributed by atoms with Gasteiger partial charge in [0.15, 0.2) is 0 Å². The number of ether oxygens (including phenoxy) is 1. The van der Waals surface area contributed by atoms with Crippen LogP contribution in [0.3, 0.4) is 0 Å². The number of aromatic hydroxyl groups is 1. The number of carbonyl (C=O) groups is 1. The van der Waals surface area contributed by atoms with Crippen molar-refractivity contribution in [2.45, 2.75) is 6.36 Å². The van der Waals surface area contributed by atoms with E-state index in [4.69, 9.17) is 0 Å². The summed E-state index contributed by atoms with van der Waals surface area (Å²) in [7, 11) is 0. The molecule has 0 unspecified atom stereocenters. The lowest BCUT2D eigenvalue weighted by Crippen LogP contribution is -2.19. The lowest BCUT2D eigenvalue weighted by atomic mass is 10.2. The molecule has 132 valence electrons. The van der Waals surface area contributed by atoms with Crippen LogP contribution >= 0.6 is 31.9 Å². The van der Waals surface area contributed by atoms with Gasteiger partial charge in [-0.2, -0.15) is 5.10 Å². The molecule has 0 spiro atoms. The molecule has 0 aliphatic carbocycles. The quantitative estimate of drug-likeness (QED) is 0.496. The van der Waals surface area contributed by atoms with Gasteiger partial charge in [0.05, 0.1) is 15.2 Å². The number of carbonyl (C=O) groups excluding carboxylic acids is 1. The summed E-state index contributed by atoms with van der Waals surface area (Å²) in [4.78, 5) is 11.9. The zero-order valence-corrected chi connectivity index (χ0v) is 15.3. The minimum absolute atomic E-state index is 0.0300. The van der Waals surface area contributed by atoms with E-state index in [0.29, 0.717) is 14.5 Å². The van der Waals surface area contributed by atoms with E-state index in [1.54, 1.807) is 12.1 Å². The molecule has 0 radical (unpaired) electrons.